The molecule has 0 radical (unpaired) electrons. The standard InChI is InChI=1S/C12H15N5/c1-17-15-12(14-16-17)7-11(13)10-6-8-4-2-3-5-9(8)10/h2-5,10-11H,6-7,13H2,1H3. The molecule has 17 heavy (non-hydrogen) atoms. The van der Waals surface area contributed by atoms with E-state index in [0.717, 1.165) is 12.2 Å². The Morgan fingerprint density at radius 1 is 1.47 bits per heavy atom. The third-order valence-corrected chi connectivity index (χ3v) is 3.38. The number of hydrogen-bond acceptors (Lipinski definition) is 4. The Kier molecular flexibility index (Phi) is 2.40. The summed E-state index contributed by atoms with van der Waals surface area (Å²) in [5.41, 5.74) is 9.01. The molecule has 3 rings (SSSR count). The zero-order chi connectivity index (χ0) is 11.8. The summed E-state index contributed by atoms with van der Waals surface area (Å²) in [5.74, 6) is 1.17. The maximum atomic E-state index is 6.22. The SMILES string of the molecule is Cn1nnc(CC(N)C2Cc3ccccc32)n1. The molecule has 1 aromatic heterocycles. The van der Waals surface area contributed by atoms with Crippen LogP contribution in [-0.2, 0) is 19.9 Å². The van der Waals surface area contributed by atoms with Crippen LogP contribution in [0.25, 0.3) is 0 Å². The maximum absolute atomic E-state index is 6.22. The molecule has 5 heteroatoms. The van der Waals surface area contributed by atoms with Gasteiger partial charge in [-0.1, -0.05) is 24.3 Å². The lowest BCUT2D eigenvalue weighted by molar-refractivity contribution is 0.472. The van der Waals surface area contributed by atoms with Gasteiger partial charge in [0.25, 0.3) is 0 Å². The van der Waals surface area contributed by atoms with Gasteiger partial charge in [0.2, 0.25) is 0 Å². The summed E-state index contributed by atoms with van der Waals surface area (Å²) in [6.07, 6.45) is 1.75. The second-order valence-corrected chi connectivity index (χ2v) is 4.57. The summed E-state index contributed by atoms with van der Waals surface area (Å²) in [6.45, 7) is 0. The predicted molar refractivity (Wildman–Crippen MR) is 63.4 cm³/mol. The third kappa shape index (κ3) is 1.82. The highest BCUT2D eigenvalue weighted by Crippen LogP contribution is 2.37. The number of fused-ring (bicyclic) bond motifs is 1. The fraction of sp³-hybridized carbons (Fsp3) is 0.417. The highest BCUT2D eigenvalue weighted by atomic mass is 15.6. The smallest absolute Gasteiger partial charge is 0.176 e. The van der Waals surface area contributed by atoms with Gasteiger partial charge >= 0.3 is 0 Å². The van der Waals surface area contributed by atoms with Crippen LogP contribution in [0.15, 0.2) is 24.3 Å². The second kappa shape index (κ2) is 3.92. The van der Waals surface area contributed by atoms with Crippen molar-refractivity contribution in [3.63, 3.8) is 0 Å². The van der Waals surface area contributed by atoms with Gasteiger partial charge in [-0.25, -0.2) is 0 Å². The van der Waals surface area contributed by atoms with Crippen LogP contribution in [0.1, 0.15) is 22.9 Å². The van der Waals surface area contributed by atoms with Gasteiger partial charge in [-0.05, 0) is 22.8 Å². The molecule has 2 atom stereocenters. The zero-order valence-electron chi connectivity index (χ0n) is 9.74. The Morgan fingerprint density at radius 2 is 2.29 bits per heavy atom. The Morgan fingerprint density at radius 3 is 3.00 bits per heavy atom. The fourth-order valence-electron chi connectivity index (χ4n) is 2.44. The first kappa shape index (κ1) is 10.4. The normalized spacial score (nSPS) is 19.5. The molecule has 0 spiro atoms. The van der Waals surface area contributed by atoms with Crippen LogP contribution in [0, 0.1) is 0 Å². The Bertz CT molecular complexity index is 533. The second-order valence-electron chi connectivity index (χ2n) is 4.57. The summed E-state index contributed by atoms with van der Waals surface area (Å²) < 4.78 is 0. The minimum Gasteiger partial charge on any atom is -0.327 e. The monoisotopic (exact) mass is 229 g/mol. The van der Waals surface area contributed by atoms with E-state index >= 15 is 0 Å². The Balaban J connectivity index is 1.71. The van der Waals surface area contributed by atoms with Crippen molar-refractivity contribution in [2.75, 3.05) is 0 Å². The summed E-state index contributed by atoms with van der Waals surface area (Å²) in [7, 11) is 1.76. The van der Waals surface area contributed by atoms with Crippen molar-refractivity contribution in [2.45, 2.75) is 24.8 Å². The zero-order valence-corrected chi connectivity index (χ0v) is 9.74. The van der Waals surface area contributed by atoms with Crippen LogP contribution < -0.4 is 5.73 Å². The van der Waals surface area contributed by atoms with Gasteiger partial charge in [0.05, 0.1) is 7.05 Å². The molecule has 2 N–H and O–H groups in total. The molecule has 0 bridgehead atoms. The minimum atomic E-state index is 0.0779. The van der Waals surface area contributed by atoms with Crippen molar-refractivity contribution in [3.05, 3.63) is 41.2 Å². The number of nitrogens with zero attached hydrogens (tertiary/aromatic N) is 4. The molecule has 1 aliphatic carbocycles. The molecule has 2 unspecified atom stereocenters. The first-order valence-corrected chi connectivity index (χ1v) is 5.80. The molecular formula is C12H15N5. The molecule has 1 aliphatic rings. The van der Waals surface area contributed by atoms with Crippen LogP contribution in [0.3, 0.4) is 0 Å². The van der Waals surface area contributed by atoms with E-state index in [0.29, 0.717) is 12.3 Å². The topological polar surface area (TPSA) is 69.6 Å². The molecule has 0 amide bonds. The maximum Gasteiger partial charge on any atom is 0.176 e. The van der Waals surface area contributed by atoms with Gasteiger partial charge in [-0.15, -0.1) is 10.2 Å². The Hall–Kier alpha value is -1.75. The van der Waals surface area contributed by atoms with E-state index < -0.39 is 0 Å². The Labute approximate surface area is 99.6 Å². The van der Waals surface area contributed by atoms with Crippen LogP contribution in [0.5, 0.6) is 0 Å². The quantitative estimate of drug-likeness (QED) is 0.828. The minimum absolute atomic E-state index is 0.0779. The van der Waals surface area contributed by atoms with Crippen molar-refractivity contribution in [1.29, 1.82) is 0 Å². The van der Waals surface area contributed by atoms with Gasteiger partial charge in [0.1, 0.15) is 0 Å². The van der Waals surface area contributed by atoms with E-state index in [1.54, 1.807) is 7.05 Å². The van der Waals surface area contributed by atoms with Crippen LogP contribution >= 0.6 is 0 Å². The predicted octanol–water partition coefficient (Wildman–Crippen LogP) is 0.420. The van der Waals surface area contributed by atoms with Crippen LogP contribution in [0.2, 0.25) is 0 Å². The van der Waals surface area contributed by atoms with Crippen molar-refractivity contribution >= 4 is 0 Å². The largest absolute Gasteiger partial charge is 0.327 e. The van der Waals surface area contributed by atoms with Crippen molar-refractivity contribution < 1.29 is 0 Å². The summed E-state index contributed by atoms with van der Waals surface area (Å²) in [6, 6.07) is 8.55. The van der Waals surface area contributed by atoms with E-state index in [4.69, 9.17) is 5.73 Å². The van der Waals surface area contributed by atoms with E-state index in [-0.39, 0.29) is 6.04 Å². The lowest BCUT2D eigenvalue weighted by atomic mass is 9.73. The summed E-state index contributed by atoms with van der Waals surface area (Å²) in [4.78, 5) is 1.47. The van der Waals surface area contributed by atoms with E-state index in [1.807, 2.05) is 0 Å². The number of hydrogen-bond donors (Lipinski definition) is 1. The molecule has 5 nitrogen and oxygen atoms in total. The van der Waals surface area contributed by atoms with E-state index in [2.05, 4.69) is 39.7 Å². The van der Waals surface area contributed by atoms with Gasteiger partial charge in [0, 0.05) is 18.4 Å². The molecule has 0 fully saturated rings. The average molecular weight is 229 g/mol. The number of benzene rings is 1. The van der Waals surface area contributed by atoms with Crippen molar-refractivity contribution in [1.82, 2.24) is 20.2 Å². The van der Waals surface area contributed by atoms with Crippen LogP contribution in [-0.4, -0.2) is 26.2 Å². The molecule has 2 aromatic rings. The molecular weight excluding hydrogens is 214 g/mol. The van der Waals surface area contributed by atoms with Gasteiger partial charge in [0.15, 0.2) is 5.82 Å². The summed E-state index contributed by atoms with van der Waals surface area (Å²) in [5, 5.41) is 12.0. The molecule has 0 saturated carbocycles. The number of rotatable bonds is 3. The lowest BCUT2D eigenvalue weighted by Gasteiger charge is -2.34. The van der Waals surface area contributed by atoms with Crippen LogP contribution in [0.4, 0.5) is 0 Å². The highest BCUT2D eigenvalue weighted by Gasteiger charge is 2.31. The lowest BCUT2D eigenvalue weighted by Crippen LogP contribution is -2.37. The molecule has 0 aliphatic heterocycles. The molecule has 0 saturated heterocycles. The van der Waals surface area contributed by atoms with Crippen molar-refractivity contribution in [2.24, 2.45) is 12.8 Å². The van der Waals surface area contributed by atoms with E-state index in [9.17, 15) is 0 Å². The van der Waals surface area contributed by atoms with Gasteiger partial charge in [-0.3, -0.25) is 0 Å². The molecule has 88 valence electrons. The fourth-order valence-corrected chi connectivity index (χ4v) is 2.44. The molecule has 1 heterocycles. The molecule has 1 aromatic carbocycles. The number of tetrazole rings is 1. The van der Waals surface area contributed by atoms with E-state index in [1.165, 1.54) is 15.9 Å². The summed E-state index contributed by atoms with van der Waals surface area (Å²) >= 11 is 0. The van der Waals surface area contributed by atoms with Crippen molar-refractivity contribution in [3.8, 4) is 0 Å². The first-order chi connectivity index (χ1) is 8.24. The van der Waals surface area contributed by atoms with Gasteiger partial charge < -0.3 is 5.73 Å². The average Bonchev–Trinajstić information content (AvgIpc) is 2.66. The number of aryl methyl sites for hydroxylation is 1. The first-order valence-electron chi connectivity index (χ1n) is 5.80. The highest BCUT2D eigenvalue weighted by molar-refractivity contribution is 5.41. The number of aromatic nitrogens is 4. The third-order valence-electron chi connectivity index (χ3n) is 3.38. The number of nitrogens with two attached hydrogens (primary N) is 1. The van der Waals surface area contributed by atoms with Gasteiger partial charge in [-0.2, -0.15) is 4.80 Å².